The van der Waals surface area contributed by atoms with Gasteiger partial charge in [0, 0.05) is 18.6 Å². The third-order valence-electron chi connectivity index (χ3n) is 3.60. The molecule has 3 fully saturated rings. The van der Waals surface area contributed by atoms with Gasteiger partial charge in [0.2, 0.25) is 0 Å². The molecule has 3 aliphatic rings. The second-order valence-corrected chi connectivity index (χ2v) is 6.13. The fourth-order valence-corrected chi connectivity index (χ4v) is 2.97. The van der Waals surface area contributed by atoms with Crippen molar-refractivity contribution in [1.82, 2.24) is 4.90 Å². The van der Waals surface area contributed by atoms with E-state index in [2.05, 4.69) is 0 Å². The number of hydrogen-bond donors (Lipinski definition) is 1. The summed E-state index contributed by atoms with van der Waals surface area (Å²) in [5.74, 6) is 1.07. The van der Waals surface area contributed by atoms with Gasteiger partial charge >= 0.3 is 6.09 Å². The Labute approximate surface area is 97.1 Å². The number of amides is 1. The van der Waals surface area contributed by atoms with E-state index in [1.165, 1.54) is 0 Å². The molecule has 1 amide bonds. The Morgan fingerprint density at radius 1 is 1.50 bits per heavy atom. The fraction of sp³-hybridized carbons (Fsp3) is 0.917. The highest BCUT2D eigenvalue weighted by Crippen LogP contribution is 2.47. The van der Waals surface area contributed by atoms with Crippen molar-refractivity contribution in [1.29, 1.82) is 0 Å². The van der Waals surface area contributed by atoms with E-state index in [1.807, 2.05) is 32.6 Å². The minimum Gasteiger partial charge on any atom is -0.444 e. The Morgan fingerprint density at radius 2 is 2.12 bits per heavy atom. The lowest BCUT2D eigenvalue weighted by Gasteiger charge is -2.39. The molecule has 2 aliphatic heterocycles. The van der Waals surface area contributed by atoms with E-state index >= 15 is 0 Å². The van der Waals surface area contributed by atoms with Crippen LogP contribution in [-0.4, -0.2) is 35.2 Å². The maximum absolute atomic E-state index is 11.9. The number of nitrogens with zero attached hydrogens (tertiary/aromatic N) is 1. The van der Waals surface area contributed by atoms with Crippen LogP contribution in [0.2, 0.25) is 0 Å². The first-order valence-corrected chi connectivity index (χ1v) is 6.05. The van der Waals surface area contributed by atoms with Crippen LogP contribution >= 0.6 is 0 Å². The second-order valence-electron chi connectivity index (χ2n) is 6.13. The zero-order chi connectivity index (χ0) is 12.1. The van der Waals surface area contributed by atoms with Crippen LogP contribution in [-0.2, 0) is 4.74 Å². The molecule has 2 heterocycles. The minimum absolute atomic E-state index is 0.177. The maximum Gasteiger partial charge on any atom is 0.410 e. The van der Waals surface area contributed by atoms with Crippen molar-refractivity contribution in [3.05, 3.63) is 0 Å². The lowest BCUT2D eigenvalue weighted by Crippen LogP contribution is -2.49. The van der Waals surface area contributed by atoms with Crippen LogP contribution in [0.15, 0.2) is 0 Å². The highest BCUT2D eigenvalue weighted by Gasteiger charge is 2.55. The van der Waals surface area contributed by atoms with Crippen LogP contribution in [0.25, 0.3) is 0 Å². The van der Waals surface area contributed by atoms with Gasteiger partial charge < -0.3 is 15.4 Å². The van der Waals surface area contributed by atoms with Crippen LogP contribution in [0, 0.1) is 11.8 Å². The van der Waals surface area contributed by atoms with Crippen molar-refractivity contribution in [2.24, 2.45) is 17.6 Å². The monoisotopic (exact) mass is 226 g/mol. The summed E-state index contributed by atoms with van der Waals surface area (Å²) in [7, 11) is 0. The van der Waals surface area contributed by atoms with Crippen molar-refractivity contribution in [3.8, 4) is 0 Å². The highest BCUT2D eigenvalue weighted by molar-refractivity contribution is 5.69. The van der Waals surface area contributed by atoms with E-state index in [-0.39, 0.29) is 12.1 Å². The molecule has 1 aliphatic carbocycles. The molecular formula is C12H22N2O2. The number of carbonyl (C=O) groups is 1. The number of fused-ring (bicyclic) bond motifs is 1. The third-order valence-corrected chi connectivity index (χ3v) is 3.60. The molecule has 3 rings (SSSR count). The van der Waals surface area contributed by atoms with Crippen molar-refractivity contribution in [2.45, 2.75) is 51.8 Å². The van der Waals surface area contributed by atoms with Gasteiger partial charge in [-0.3, -0.25) is 0 Å². The Hall–Kier alpha value is -0.770. The summed E-state index contributed by atoms with van der Waals surface area (Å²) in [6.45, 7) is 8.55. The summed E-state index contributed by atoms with van der Waals surface area (Å²) >= 11 is 0. The van der Waals surface area contributed by atoms with Crippen LogP contribution in [0.5, 0.6) is 0 Å². The fourth-order valence-electron chi connectivity index (χ4n) is 2.97. The van der Waals surface area contributed by atoms with E-state index < -0.39 is 5.60 Å². The summed E-state index contributed by atoms with van der Waals surface area (Å²) in [6, 6.07) is 0.496. The van der Waals surface area contributed by atoms with E-state index in [9.17, 15) is 4.79 Å². The predicted octanol–water partition coefficient (Wildman–Crippen LogP) is 1.59. The van der Waals surface area contributed by atoms with Gasteiger partial charge in [-0.15, -0.1) is 0 Å². The molecule has 0 aromatic carbocycles. The summed E-state index contributed by atoms with van der Waals surface area (Å²) in [5, 5.41) is 0. The largest absolute Gasteiger partial charge is 0.444 e. The quantitative estimate of drug-likeness (QED) is 0.738. The molecule has 4 atom stereocenters. The lowest BCUT2D eigenvalue weighted by atomic mass is 9.70. The van der Waals surface area contributed by atoms with E-state index in [4.69, 9.17) is 10.5 Å². The molecule has 0 unspecified atom stereocenters. The van der Waals surface area contributed by atoms with Crippen LogP contribution < -0.4 is 5.73 Å². The number of hydrogen-bond acceptors (Lipinski definition) is 3. The smallest absolute Gasteiger partial charge is 0.410 e. The predicted molar refractivity (Wildman–Crippen MR) is 62.0 cm³/mol. The number of ether oxygens (including phenoxy) is 1. The first kappa shape index (κ1) is 11.7. The average Bonchev–Trinajstić information content (AvgIpc) is 2.53. The minimum atomic E-state index is -0.409. The van der Waals surface area contributed by atoms with Gasteiger partial charge in [0.1, 0.15) is 5.60 Å². The summed E-state index contributed by atoms with van der Waals surface area (Å²) in [6.07, 6.45) is 0.925. The zero-order valence-corrected chi connectivity index (χ0v) is 10.6. The second kappa shape index (κ2) is 3.62. The van der Waals surface area contributed by atoms with Crippen LogP contribution in [0.1, 0.15) is 34.1 Å². The molecule has 16 heavy (non-hydrogen) atoms. The van der Waals surface area contributed by atoms with Crippen LogP contribution in [0.3, 0.4) is 0 Å². The third kappa shape index (κ3) is 1.90. The van der Waals surface area contributed by atoms with E-state index in [0.717, 1.165) is 13.0 Å². The van der Waals surface area contributed by atoms with Crippen molar-refractivity contribution in [2.75, 3.05) is 6.54 Å². The molecule has 2 saturated heterocycles. The van der Waals surface area contributed by atoms with Crippen molar-refractivity contribution < 1.29 is 9.53 Å². The first-order valence-electron chi connectivity index (χ1n) is 6.05. The Morgan fingerprint density at radius 3 is 2.56 bits per heavy atom. The van der Waals surface area contributed by atoms with Crippen LogP contribution in [0.4, 0.5) is 4.79 Å². The van der Waals surface area contributed by atoms with Gasteiger partial charge in [0.15, 0.2) is 0 Å². The molecule has 4 nitrogen and oxygen atoms in total. The normalized spacial score (nSPS) is 34.6. The average molecular weight is 226 g/mol. The van der Waals surface area contributed by atoms with E-state index in [0.29, 0.717) is 17.9 Å². The van der Waals surface area contributed by atoms with Gasteiger partial charge in [-0.1, -0.05) is 0 Å². The summed E-state index contributed by atoms with van der Waals surface area (Å²) in [5.41, 5.74) is 5.52. The maximum atomic E-state index is 11.9. The molecule has 92 valence electrons. The number of rotatable bonds is 1. The zero-order valence-electron chi connectivity index (χ0n) is 10.6. The SMILES string of the molecule is C[C@H](N)[C@@H]1[C@@H]2C[C@@H]1N(C(=O)OC(C)(C)C)C2. The van der Waals surface area contributed by atoms with Crippen molar-refractivity contribution in [3.63, 3.8) is 0 Å². The Kier molecular flexibility index (Phi) is 2.65. The molecule has 4 heteroatoms. The molecule has 2 N–H and O–H groups in total. The molecule has 0 aromatic heterocycles. The van der Waals surface area contributed by atoms with Gasteiger partial charge in [0.25, 0.3) is 0 Å². The van der Waals surface area contributed by atoms with Gasteiger partial charge in [0.05, 0.1) is 0 Å². The molecule has 0 radical (unpaired) electrons. The molecule has 0 aromatic rings. The molecular weight excluding hydrogens is 204 g/mol. The number of carbonyl (C=O) groups excluding carboxylic acids is 1. The molecule has 1 saturated carbocycles. The van der Waals surface area contributed by atoms with Crippen molar-refractivity contribution >= 4 is 6.09 Å². The van der Waals surface area contributed by atoms with Gasteiger partial charge in [-0.25, -0.2) is 4.79 Å². The standard InChI is InChI=1S/C12H22N2O2/c1-7(13)10-8-5-9(10)14(6-8)11(15)16-12(2,3)4/h7-10H,5-6,13H2,1-4H3/t7-,8+,9-,10+/m0/s1. The highest BCUT2D eigenvalue weighted by atomic mass is 16.6. The first-order chi connectivity index (χ1) is 7.29. The molecule has 0 spiro atoms. The lowest BCUT2D eigenvalue weighted by molar-refractivity contribution is 0.0191. The Balaban J connectivity index is 1.96. The van der Waals surface area contributed by atoms with E-state index in [1.54, 1.807) is 0 Å². The Bertz CT molecular complexity index is 296. The number of nitrogens with two attached hydrogens (primary N) is 1. The topological polar surface area (TPSA) is 55.6 Å². The van der Waals surface area contributed by atoms with Gasteiger partial charge in [-0.05, 0) is 46.0 Å². The van der Waals surface area contributed by atoms with Gasteiger partial charge in [-0.2, -0.15) is 0 Å². The summed E-state index contributed by atoms with van der Waals surface area (Å²) < 4.78 is 5.39. The molecule has 2 bridgehead atoms. The summed E-state index contributed by atoms with van der Waals surface area (Å²) in [4.78, 5) is 13.8.